The molecule has 8 heteroatoms. The molecule has 0 aliphatic carbocycles. The number of thiazole rings is 1. The van der Waals surface area contributed by atoms with Crippen LogP contribution in [0.25, 0.3) is 10.2 Å². The molecule has 0 saturated carbocycles. The minimum Gasteiger partial charge on any atom is -0.411 e. The van der Waals surface area contributed by atoms with Crippen LogP contribution in [-0.2, 0) is 0 Å². The van der Waals surface area contributed by atoms with Gasteiger partial charge in [0.2, 0.25) is 6.04 Å². The second kappa shape index (κ2) is 8.07. The van der Waals surface area contributed by atoms with Gasteiger partial charge in [-0.05, 0) is 24.6 Å². The molecule has 1 aromatic heterocycles. The van der Waals surface area contributed by atoms with Crippen molar-refractivity contribution in [1.29, 1.82) is 0 Å². The van der Waals surface area contributed by atoms with Gasteiger partial charge in [0.1, 0.15) is 0 Å². The molecule has 0 spiro atoms. The van der Waals surface area contributed by atoms with Crippen molar-refractivity contribution in [2.45, 2.75) is 30.6 Å². The molecule has 0 aliphatic rings. The highest BCUT2D eigenvalue weighted by Crippen LogP contribution is 2.29. The zero-order valence-corrected chi connectivity index (χ0v) is 14.4. The molecule has 0 saturated heterocycles. The smallest absolute Gasteiger partial charge is 0.231 e. The molecule has 6 nitrogen and oxygen atoms in total. The van der Waals surface area contributed by atoms with Crippen LogP contribution in [0.4, 0.5) is 0 Å². The molecule has 1 N–H and O–H groups in total. The zero-order valence-electron chi connectivity index (χ0n) is 12.8. The molecule has 122 valence electrons. The van der Waals surface area contributed by atoms with Crippen LogP contribution in [-0.4, -0.2) is 32.6 Å². The largest absolute Gasteiger partial charge is 0.411 e. The Morgan fingerprint density at radius 1 is 1.57 bits per heavy atom. The van der Waals surface area contributed by atoms with Crippen LogP contribution in [0, 0.1) is 10.1 Å². The van der Waals surface area contributed by atoms with Gasteiger partial charge in [-0.3, -0.25) is 10.1 Å². The van der Waals surface area contributed by atoms with Crippen molar-refractivity contribution >= 4 is 39.0 Å². The van der Waals surface area contributed by atoms with Gasteiger partial charge in [-0.15, -0.1) is 11.3 Å². The van der Waals surface area contributed by atoms with Gasteiger partial charge in [-0.2, -0.15) is 0 Å². The summed E-state index contributed by atoms with van der Waals surface area (Å²) in [7, 11) is 0. The summed E-state index contributed by atoms with van der Waals surface area (Å²) in [5.41, 5.74) is 1.97. The molecule has 1 aromatic carbocycles. The number of aromatic nitrogens is 1. The molecule has 0 bridgehead atoms. The number of para-hydroxylation sites is 1. The quantitative estimate of drug-likeness (QED) is 0.265. The predicted molar refractivity (Wildman–Crippen MR) is 94.4 cm³/mol. The highest BCUT2D eigenvalue weighted by Gasteiger charge is 2.18. The number of oxime groups is 1. The monoisotopic (exact) mass is 351 g/mol. The Morgan fingerprint density at radius 2 is 2.30 bits per heavy atom. The molecular formula is C15H17N3O3S2. The number of rotatable bonds is 7. The Labute approximate surface area is 142 Å². The van der Waals surface area contributed by atoms with E-state index in [-0.39, 0.29) is 4.92 Å². The number of nitrogens with zero attached hydrogens (tertiary/aromatic N) is 3. The SMILES string of the molecule is CC/C(=C\C(CSc1nc2ccccc2s1)=N/O)C(C)[N+](=O)[O-]. The molecule has 0 radical (unpaired) electrons. The van der Waals surface area contributed by atoms with Crippen molar-refractivity contribution in [3.8, 4) is 0 Å². The van der Waals surface area contributed by atoms with E-state index in [1.807, 2.05) is 31.2 Å². The minimum atomic E-state index is -0.788. The number of nitro groups is 1. The van der Waals surface area contributed by atoms with Crippen LogP contribution in [0.15, 0.2) is 45.4 Å². The molecule has 1 heterocycles. The molecule has 0 aliphatic heterocycles. The summed E-state index contributed by atoms with van der Waals surface area (Å²) in [6, 6.07) is 7.07. The molecule has 1 atom stereocenters. The fraction of sp³-hybridized carbons (Fsp3) is 0.333. The highest BCUT2D eigenvalue weighted by atomic mass is 32.2. The summed E-state index contributed by atoms with van der Waals surface area (Å²) in [4.78, 5) is 15.1. The van der Waals surface area contributed by atoms with Crippen LogP contribution in [0.3, 0.4) is 0 Å². The Bertz CT molecular complexity index is 722. The standard InChI is InChI=1S/C15H17N3O3S2/c1-3-11(10(2)18(20)21)8-12(17-19)9-22-15-16-13-6-4-5-7-14(13)23-15/h4-8,10,19H,3,9H2,1-2H3/b11-8+,17-12+. The molecule has 1 unspecified atom stereocenters. The van der Waals surface area contributed by atoms with Gasteiger partial charge in [0, 0.05) is 23.2 Å². The van der Waals surface area contributed by atoms with E-state index in [1.54, 1.807) is 17.4 Å². The van der Waals surface area contributed by atoms with Gasteiger partial charge in [0.15, 0.2) is 4.34 Å². The van der Waals surface area contributed by atoms with Crippen LogP contribution < -0.4 is 0 Å². The highest BCUT2D eigenvalue weighted by molar-refractivity contribution is 8.01. The molecule has 0 amide bonds. The summed E-state index contributed by atoms with van der Waals surface area (Å²) in [5, 5.41) is 23.3. The summed E-state index contributed by atoms with van der Waals surface area (Å²) in [5.74, 6) is 0.407. The lowest BCUT2D eigenvalue weighted by molar-refractivity contribution is -0.507. The Hall–Kier alpha value is -1.93. The number of thioether (sulfide) groups is 1. The number of fused-ring (bicyclic) bond motifs is 1. The second-order valence-corrected chi connectivity index (χ2v) is 7.11. The maximum Gasteiger partial charge on any atom is 0.231 e. The van der Waals surface area contributed by atoms with E-state index in [9.17, 15) is 10.1 Å². The summed E-state index contributed by atoms with van der Waals surface area (Å²) < 4.78 is 1.98. The average Bonchev–Trinajstić information content (AvgIpc) is 2.97. The average molecular weight is 351 g/mol. The van der Waals surface area contributed by atoms with Gasteiger partial charge in [0.05, 0.1) is 15.9 Å². The summed E-state index contributed by atoms with van der Waals surface area (Å²) in [6.07, 6.45) is 2.14. The van der Waals surface area contributed by atoms with E-state index in [4.69, 9.17) is 5.21 Å². The number of hydrogen-bond donors (Lipinski definition) is 1. The fourth-order valence-corrected chi connectivity index (χ4v) is 3.97. The zero-order chi connectivity index (χ0) is 16.8. The third kappa shape index (κ3) is 4.52. The van der Waals surface area contributed by atoms with E-state index in [1.165, 1.54) is 18.7 Å². The summed E-state index contributed by atoms with van der Waals surface area (Å²) >= 11 is 3.03. The van der Waals surface area contributed by atoms with Crippen LogP contribution in [0.1, 0.15) is 20.3 Å². The van der Waals surface area contributed by atoms with Gasteiger partial charge < -0.3 is 5.21 Å². The normalized spacial score (nSPS) is 14.2. The number of hydrogen-bond acceptors (Lipinski definition) is 7. The predicted octanol–water partition coefficient (Wildman–Crippen LogP) is 4.22. The maximum atomic E-state index is 10.9. The van der Waals surface area contributed by atoms with E-state index in [0.29, 0.717) is 23.5 Å². The molecular weight excluding hydrogens is 334 g/mol. The molecule has 2 rings (SSSR count). The molecule has 23 heavy (non-hydrogen) atoms. The van der Waals surface area contributed by atoms with Crippen LogP contribution in [0.5, 0.6) is 0 Å². The van der Waals surface area contributed by atoms with Gasteiger partial charge >= 0.3 is 0 Å². The van der Waals surface area contributed by atoms with Crippen molar-refractivity contribution in [3.63, 3.8) is 0 Å². The van der Waals surface area contributed by atoms with Gasteiger partial charge in [0.25, 0.3) is 0 Å². The van der Waals surface area contributed by atoms with Crippen LogP contribution in [0.2, 0.25) is 0 Å². The summed E-state index contributed by atoms with van der Waals surface area (Å²) in [6.45, 7) is 3.38. The van der Waals surface area contributed by atoms with Crippen molar-refractivity contribution in [1.82, 2.24) is 4.98 Å². The Morgan fingerprint density at radius 3 is 2.91 bits per heavy atom. The van der Waals surface area contributed by atoms with Gasteiger partial charge in [-0.1, -0.05) is 36.0 Å². The minimum absolute atomic E-state index is 0.342. The van der Waals surface area contributed by atoms with E-state index in [2.05, 4.69) is 10.1 Å². The van der Waals surface area contributed by atoms with E-state index in [0.717, 1.165) is 14.6 Å². The third-order valence-corrected chi connectivity index (χ3v) is 5.57. The van der Waals surface area contributed by atoms with Crippen molar-refractivity contribution < 1.29 is 10.1 Å². The third-order valence-electron chi connectivity index (χ3n) is 3.36. The van der Waals surface area contributed by atoms with E-state index < -0.39 is 6.04 Å². The second-order valence-electron chi connectivity index (χ2n) is 4.86. The lowest BCUT2D eigenvalue weighted by Crippen LogP contribution is -2.18. The number of benzene rings is 1. The number of allylic oxidation sites excluding steroid dienone is 1. The maximum absolute atomic E-state index is 10.9. The lowest BCUT2D eigenvalue weighted by atomic mass is 10.1. The fourth-order valence-electron chi connectivity index (χ4n) is 2.02. The van der Waals surface area contributed by atoms with Crippen molar-refractivity contribution in [3.05, 3.63) is 46.0 Å². The Balaban J connectivity index is 2.08. The van der Waals surface area contributed by atoms with Crippen molar-refractivity contribution in [2.24, 2.45) is 5.16 Å². The van der Waals surface area contributed by atoms with Crippen molar-refractivity contribution in [2.75, 3.05) is 5.75 Å². The topological polar surface area (TPSA) is 88.6 Å². The van der Waals surface area contributed by atoms with Crippen LogP contribution >= 0.6 is 23.1 Å². The molecule has 2 aromatic rings. The molecule has 0 fully saturated rings. The van der Waals surface area contributed by atoms with Gasteiger partial charge in [-0.25, -0.2) is 4.98 Å². The first-order valence-corrected chi connectivity index (χ1v) is 8.88. The van der Waals surface area contributed by atoms with E-state index >= 15 is 0 Å². The lowest BCUT2D eigenvalue weighted by Gasteiger charge is -2.07. The first kappa shape index (κ1) is 17.4. The Kier molecular flexibility index (Phi) is 6.12. The first-order valence-electron chi connectivity index (χ1n) is 7.08. The first-order chi connectivity index (χ1) is 11.0.